The Hall–Kier alpha value is -5.99. The Morgan fingerprint density at radius 3 is 1.96 bits per heavy atom. The van der Waals surface area contributed by atoms with Crippen molar-refractivity contribution >= 4 is 38.2 Å². The molecule has 0 amide bonds. The van der Waals surface area contributed by atoms with Crippen LogP contribution in [0.3, 0.4) is 0 Å². The Balaban J connectivity index is 1.32. The molecule has 8 aromatic rings. The van der Waals surface area contributed by atoms with Gasteiger partial charge in [-0.25, -0.2) is 4.98 Å². The zero-order valence-electron chi connectivity index (χ0n) is 27.3. The molecule has 0 spiro atoms. The molecule has 7 aromatic carbocycles. The predicted molar refractivity (Wildman–Crippen MR) is 205 cm³/mol. The molecule has 0 bridgehead atoms. The molecule has 2 heteroatoms. The molecule has 0 aliphatic carbocycles. The van der Waals surface area contributed by atoms with Gasteiger partial charge in [0.05, 0.1) is 11.0 Å². The molecule has 1 heterocycles. The first-order valence-electron chi connectivity index (χ1n) is 16.8. The van der Waals surface area contributed by atoms with E-state index < -0.39 is 0 Å². The van der Waals surface area contributed by atoms with Crippen molar-refractivity contribution in [1.82, 2.24) is 9.55 Å². The molecule has 0 N–H and O–H groups in total. The second-order valence-electron chi connectivity index (χ2n) is 12.1. The van der Waals surface area contributed by atoms with Crippen LogP contribution in [0.15, 0.2) is 170 Å². The Bertz CT molecular complexity index is 2460. The van der Waals surface area contributed by atoms with Crippen LogP contribution in [-0.4, -0.2) is 9.55 Å². The van der Waals surface area contributed by atoms with E-state index in [1.807, 2.05) is 0 Å². The Kier molecular flexibility index (Phi) is 7.76. The molecule has 0 aliphatic heterocycles. The van der Waals surface area contributed by atoms with Crippen molar-refractivity contribution in [1.29, 1.82) is 0 Å². The molecule has 2 nitrogen and oxygen atoms in total. The number of hydrogen-bond acceptors (Lipinski definition) is 1. The van der Waals surface area contributed by atoms with Crippen molar-refractivity contribution in [3.8, 4) is 39.3 Å². The normalized spacial score (nSPS) is 12.1. The van der Waals surface area contributed by atoms with Gasteiger partial charge in [0.2, 0.25) is 0 Å². The van der Waals surface area contributed by atoms with Crippen LogP contribution in [0.4, 0.5) is 0 Å². The van der Waals surface area contributed by atoms with Gasteiger partial charge in [-0.15, -0.1) is 0 Å². The number of rotatable bonds is 7. The summed E-state index contributed by atoms with van der Waals surface area (Å²) in [5.41, 5.74) is 11.7. The van der Waals surface area contributed by atoms with Gasteiger partial charge in [-0.2, -0.15) is 0 Å². The van der Waals surface area contributed by atoms with Gasteiger partial charge >= 0.3 is 0 Å². The minimum absolute atomic E-state index is 0.939. The van der Waals surface area contributed by atoms with Crippen LogP contribution in [-0.2, 0) is 0 Å². The fourth-order valence-electron chi connectivity index (χ4n) is 7.02. The van der Waals surface area contributed by atoms with Crippen LogP contribution in [0.2, 0.25) is 0 Å². The van der Waals surface area contributed by atoms with Crippen LogP contribution in [0.25, 0.3) is 77.5 Å². The van der Waals surface area contributed by atoms with Crippen LogP contribution < -0.4 is 0 Å². The molecule has 0 radical (unpaired) electrons. The summed E-state index contributed by atoms with van der Waals surface area (Å²) in [7, 11) is 0. The lowest BCUT2D eigenvalue weighted by Gasteiger charge is -2.19. The first-order valence-corrected chi connectivity index (χ1v) is 16.8. The number of aromatic nitrogens is 2. The fraction of sp³-hybridized carbons (Fsp3) is 0.0652. The highest BCUT2D eigenvalue weighted by Crippen LogP contribution is 2.43. The van der Waals surface area contributed by atoms with Gasteiger partial charge in [-0.3, -0.25) is 4.57 Å². The summed E-state index contributed by atoms with van der Waals surface area (Å²) in [6.45, 7) is 4.33. The zero-order chi connectivity index (χ0) is 32.5. The summed E-state index contributed by atoms with van der Waals surface area (Å²) < 4.78 is 2.26. The van der Waals surface area contributed by atoms with E-state index in [9.17, 15) is 0 Å². The second kappa shape index (κ2) is 12.7. The van der Waals surface area contributed by atoms with Gasteiger partial charge in [-0.05, 0) is 98.6 Å². The molecule has 0 unspecified atom stereocenters. The van der Waals surface area contributed by atoms with Crippen molar-refractivity contribution < 1.29 is 0 Å². The number of para-hydroxylation sites is 3. The fourth-order valence-corrected chi connectivity index (χ4v) is 7.02. The van der Waals surface area contributed by atoms with Crippen molar-refractivity contribution in [2.75, 3.05) is 0 Å². The highest BCUT2D eigenvalue weighted by atomic mass is 15.1. The third kappa shape index (κ3) is 5.12. The minimum atomic E-state index is 0.939. The lowest BCUT2D eigenvalue weighted by molar-refractivity contribution is 1.10. The van der Waals surface area contributed by atoms with Crippen LogP contribution in [0, 0.1) is 0 Å². The van der Waals surface area contributed by atoms with E-state index in [0.29, 0.717) is 0 Å². The van der Waals surface area contributed by atoms with Crippen molar-refractivity contribution in [2.45, 2.75) is 20.3 Å². The maximum Gasteiger partial charge on any atom is 0.145 e. The SMILES string of the molecule is C/C=C(\C=C/CC)c1c2ccccc2c(-c2ccccc2)c2ccc(-c3ccc(-c4nc5ccccc5n4-c4ccccc4)cc3)cc12. The molecular weight excluding hydrogens is 581 g/mol. The zero-order valence-corrected chi connectivity index (χ0v) is 27.3. The average molecular weight is 617 g/mol. The standard InChI is InChI=1S/C46H36N2/c1-3-5-16-32(4-2)44-38-21-12-13-22-39(38)45(34-17-8-6-9-18-34)40-30-29-36(31-41(40)44)33-25-27-35(28-26-33)46-47-42-23-14-15-24-43(42)48(46)37-19-10-7-11-20-37/h4-31H,3H2,1-2H3/b16-5-,32-4+. The molecule has 0 aliphatic rings. The third-order valence-electron chi connectivity index (χ3n) is 9.27. The van der Waals surface area contributed by atoms with Crippen molar-refractivity contribution in [3.63, 3.8) is 0 Å². The summed E-state index contributed by atoms with van der Waals surface area (Å²) >= 11 is 0. The number of imidazole rings is 1. The first kappa shape index (κ1) is 29.4. The Morgan fingerprint density at radius 1 is 0.583 bits per heavy atom. The predicted octanol–water partition coefficient (Wildman–Crippen LogP) is 12.7. The monoisotopic (exact) mass is 616 g/mol. The lowest BCUT2D eigenvalue weighted by Crippen LogP contribution is -1.97. The highest BCUT2D eigenvalue weighted by molar-refractivity contribution is 6.20. The van der Waals surface area contributed by atoms with Gasteiger partial charge in [0.1, 0.15) is 5.82 Å². The number of hydrogen-bond donors (Lipinski definition) is 0. The molecule has 0 saturated carbocycles. The van der Waals surface area contributed by atoms with E-state index in [4.69, 9.17) is 4.98 Å². The van der Waals surface area contributed by atoms with Crippen LogP contribution in [0.1, 0.15) is 25.8 Å². The Labute approximate surface area is 282 Å². The summed E-state index contributed by atoms with van der Waals surface area (Å²) in [6, 6.07) is 54.4. The van der Waals surface area contributed by atoms with Gasteiger partial charge in [0, 0.05) is 11.3 Å². The smallest absolute Gasteiger partial charge is 0.145 e. The van der Waals surface area contributed by atoms with E-state index in [1.54, 1.807) is 0 Å². The van der Waals surface area contributed by atoms with Gasteiger partial charge in [0.15, 0.2) is 0 Å². The molecular formula is C46H36N2. The van der Waals surface area contributed by atoms with E-state index in [2.05, 4.69) is 188 Å². The van der Waals surface area contributed by atoms with E-state index in [0.717, 1.165) is 34.5 Å². The third-order valence-corrected chi connectivity index (χ3v) is 9.27. The molecule has 0 atom stereocenters. The van der Waals surface area contributed by atoms with Gasteiger partial charge in [-0.1, -0.05) is 146 Å². The summed E-state index contributed by atoms with van der Waals surface area (Å²) in [5, 5.41) is 5.06. The highest BCUT2D eigenvalue weighted by Gasteiger charge is 2.18. The quantitative estimate of drug-likeness (QED) is 0.129. The van der Waals surface area contributed by atoms with E-state index in [1.165, 1.54) is 54.9 Å². The maximum atomic E-state index is 5.09. The number of allylic oxidation sites excluding steroid dienone is 4. The number of nitrogens with zero attached hydrogens (tertiary/aromatic N) is 2. The topological polar surface area (TPSA) is 17.8 Å². The number of benzene rings is 7. The molecule has 230 valence electrons. The Morgan fingerprint density at radius 2 is 1.21 bits per heavy atom. The lowest BCUT2D eigenvalue weighted by atomic mass is 9.84. The number of fused-ring (bicyclic) bond motifs is 3. The molecule has 48 heavy (non-hydrogen) atoms. The molecule has 1 aromatic heterocycles. The molecule has 0 fully saturated rings. The van der Waals surface area contributed by atoms with Gasteiger partial charge in [0.25, 0.3) is 0 Å². The molecule has 8 rings (SSSR count). The molecule has 0 saturated heterocycles. The maximum absolute atomic E-state index is 5.09. The second-order valence-corrected chi connectivity index (χ2v) is 12.1. The van der Waals surface area contributed by atoms with E-state index >= 15 is 0 Å². The van der Waals surface area contributed by atoms with Crippen molar-refractivity contribution in [3.05, 3.63) is 175 Å². The van der Waals surface area contributed by atoms with E-state index in [-0.39, 0.29) is 0 Å². The van der Waals surface area contributed by atoms with Crippen LogP contribution in [0.5, 0.6) is 0 Å². The summed E-state index contributed by atoms with van der Waals surface area (Å²) in [5.74, 6) is 0.939. The minimum Gasteiger partial charge on any atom is -0.292 e. The average Bonchev–Trinajstić information content (AvgIpc) is 3.55. The van der Waals surface area contributed by atoms with Crippen LogP contribution >= 0.6 is 0 Å². The first-order chi connectivity index (χ1) is 23.7. The summed E-state index contributed by atoms with van der Waals surface area (Å²) in [6.07, 6.45) is 7.77. The largest absolute Gasteiger partial charge is 0.292 e. The summed E-state index contributed by atoms with van der Waals surface area (Å²) in [4.78, 5) is 5.09. The van der Waals surface area contributed by atoms with Gasteiger partial charge < -0.3 is 0 Å². The van der Waals surface area contributed by atoms with Crippen molar-refractivity contribution in [2.24, 2.45) is 0 Å².